The molecular formula is C15H17BrFN3O. The summed E-state index contributed by atoms with van der Waals surface area (Å²) in [5.74, 6) is 5.88. The molecule has 1 aromatic carbocycles. The topological polar surface area (TPSA) is 60.2 Å². The molecule has 21 heavy (non-hydrogen) atoms. The number of hydrogen-bond acceptors (Lipinski definition) is 4. The maximum atomic E-state index is 14.2. The van der Waals surface area contributed by atoms with Gasteiger partial charge in [-0.1, -0.05) is 12.1 Å². The average molecular weight is 354 g/mol. The Morgan fingerprint density at radius 2 is 2.10 bits per heavy atom. The van der Waals surface area contributed by atoms with Crippen LogP contribution in [-0.4, -0.2) is 11.1 Å². The minimum absolute atomic E-state index is 0.0361. The number of aromatic nitrogens is 1. The number of hydrogen-bond donors (Lipinski definition) is 2. The van der Waals surface area contributed by atoms with Gasteiger partial charge in [-0.2, -0.15) is 0 Å². The van der Waals surface area contributed by atoms with Crippen molar-refractivity contribution in [3.63, 3.8) is 0 Å². The lowest BCUT2D eigenvalue weighted by Gasteiger charge is -2.19. The van der Waals surface area contributed by atoms with Crippen LogP contribution in [0.1, 0.15) is 31.0 Å². The number of rotatable bonds is 5. The van der Waals surface area contributed by atoms with Crippen LogP contribution >= 0.6 is 15.9 Å². The van der Waals surface area contributed by atoms with E-state index in [2.05, 4.69) is 26.3 Å². The van der Waals surface area contributed by atoms with E-state index in [1.807, 2.05) is 13.8 Å². The molecule has 112 valence electrons. The molecule has 4 nitrogen and oxygen atoms in total. The van der Waals surface area contributed by atoms with E-state index < -0.39 is 6.04 Å². The fourth-order valence-electron chi connectivity index (χ4n) is 2.04. The molecule has 1 aromatic heterocycles. The van der Waals surface area contributed by atoms with Crippen LogP contribution in [-0.2, 0) is 0 Å². The zero-order chi connectivity index (χ0) is 15.4. The van der Waals surface area contributed by atoms with Gasteiger partial charge in [0.05, 0.1) is 22.8 Å². The van der Waals surface area contributed by atoms with Crippen LogP contribution in [0.2, 0.25) is 0 Å². The van der Waals surface area contributed by atoms with Crippen LogP contribution in [0.4, 0.5) is 4.39 Å². The first-order valence-corrected chi connectivity index (χ1v) is 7.34. The van der Waals surface area contributed by atoms with E-state index in [-0.39, 0.29) is 11.9 Å². The molecule has 3 N–H and O–H groups in total. The van der Waals surface area contributed by atoms with Crippen molar-refractivity contribution in [3.05, 3.63) is 58.1 Å². The highest BCUT2D eigenvalue weighted by Gasteiger charge is 2.19. The summed E-state index contributed by atoms with van der Waals surface area (Å²) in [6.07, 6.45) is 3.29. The van der Waals surface area contributed by atoms with E-state index in [1.165, 1.54) is 0 Å². The highest BCUT2D eigenvalue weighted by atomic mass is 79.9. The first-order valence-electron chi connectivity index (χ1n) is 6.54. The lowest BCUT2D eigenvalue weighted by Crippen LogP contribution is -2.29. The zero-order valence-corrected chi connectivity index (χ0v) is 13.4. The highest BCUT2D eigenvalue weighted by molar-refractivity contribution is 9.10. The first-order chi connectivity index (χ1) is 10.0. The lowest BCUT2D eigenvalue weighted by atomic mass is 10.0. The molecule has 1 unspecified atom stereocenters. The van der Waals surface area contributed by atoms with Crippen molar-refractivity contribution in [2.24, 2.45) is 5.84 Å². The number of nitrogens with zero attached hydrogens (tertiary/aromatic N) is 1. The van der Waals surface area contributed by atoms with Gasteiger partial charge in [0, 0.05) is 11.8 Å². The predicted molar refractivity (Wildman–Crippen MR) is 83.3 cm³/mol. The Bertz CT molecular complexity index is 622. The number of hydrazine groups is 1. The molecule has 0 radical (unpaired) electrons. The number of benzene rings is 1. The highest BCUT2D eigenvalue weighted by Crippen LogP contribution is 2.29. The van der Waals surface area contributed by atoms with Crippen LogP contribution in [0.15, 0.2) is 41.1 Å². The smallest absolute Gasteiger partial charge is 0.142 e. The van der Waals surface area contributed by atoms with Crippen molar-refractivity contribution in [1.29, 1.82) is 0 Å². The van der Waals surface area contributed by atoms with E-state index in [4.69, 9.17) is 10.6 Å². The third kappa shape index (κ3) is 3.78. The number of nitrogens with one attached hydrogen (secondary N) is 1. The number of nitrogens with two attached hydrogens (primary N) is 1. The molecule has 0 bridgehead atoms. The van der Waals surface area contributed by atoms with Gasteiger partial charge in [0.15, 0.2) is 0 Å². The molecule has 0 saturated carbocycles. The summed E-state index contributed by atoms with van der Waals surface area (Å²) in [5.41, 5.74) is 3.80. The fraction of sp³-hybridized carbons (Fsp3) is 0.267. The molecule has 2 aromatic rings. The van der Waals surface area contributed by atoms with E-state index in [9.17, 15) is 4.39 Å². The summed E-state index contributed by atoms with van der Waals surface area (Å²) in [4.78, 5) is 4.13. The molecule has 1 atom stereocenters. The minimum atomic E-state index is -0.509. The summed E-state index contributed by atoms with van der Waals surface area (Å²) in [6, 6.07) is 6.38. The van der Waals surface area contributed by atoms with Crippen molar-refractivity contribution < 1.29 is 9.13 Å². The van der Waals surface area contributed by atoms with Crippen LogP contribution in [0.25, 0.3) is 0 Å². The van der Waals surface area contributed by atoms with Gasteiger partial charge in [-0.25, -0.2) is 9.82 Å². The summed E-state index contributed by atoms with van der Waals surface area (Å²) in [5, 5.41) is 0. The van der Waals surface area contributed by atoms with Crippen LogP contribution in [0, 0.1) is 5.82 Å². The molecule has 0 fully saturated rings. The first kappa shape index (κ1) is 15.9. The average Bonchev–Trinajstić information content (AvgIpc) is 2.44. The molecule has 0 amide bonds. The summed E-state index contributed by atoms with van der Waals surface area (Å²) >= 11 is 3.18. The number of halogens is 2. The summed E-state index contributed by atoms with van der Waals surface area (Å²) in [7, 11) is 0. The van der Waals surface area contributed by atoms with Gasteiger partial charge >= 0.3 is 0 Å². The standard InChI is InChI=1S/C15H17BrFN3O/c1-9(2)21-11-6-10(7-19-8-11)15(20-18)12-4-3-5-13(16)14(12)17/h3-9,15,20H,18H2,1-2H3. The fourth-order valence-corrected chi connectivity index (χ4v) is 2.42. The Balaban J connectivity index is 2.39. The molecule has 0 aliphatic heterocycles. The number of ether oxygens (including phenoxy) is 1. The van der Waals surface area contributed by atoms with Crippen molar-refractivity contribution in [1.82, 2.24) is 10.4 Å². The van der Waals surface area contributed by atoms with Gasteiger partial charge in [-0.05, 0) is 47.5 Å². The molecule has 0 spiro atoms. The van der Waals surface area contributed by atoms with Gasteiger partial charge in [0.1, 0.15) is 11.6 Å². The second kappa shape index (κ2) is 6.98. The Labute approximate surface area is 131 Å². The van der Waals surface area contributed by atoms with Gasteiger partial charge in [-0.3, -0.25) is 10.8 Å². The zero-order valence-electron chi connectivity index (χ0n) is 11.8. The van der Waals surface area contributed by atoms with Crippen molar-refractivity contribution in [2.75, 3.05) is 0 Å². The third-order valence-corrected chi connectivity index (χ3v) is 3.51. The molecule has 2 rings (SSSR count). The van der Waals surface area contributed by atoms with E-state index >= 15 is 0 Å². The largest absolute Gasteiger partial charge is 0.489 e. The molecule has 6 heteroatoms. The molecule has 0 aliphatic rings. The maximum Gasteiger partial charge on any atom is 0.142 e. The van der Waals surface area contributed by atoms with Crippen molar-refractivity contribution in [2.45, 2.75) is 26.0 Å². The SMILES string of the molecule is CC(C)Oc1cncc(C(NN)c2cccc(Br)c2F)c1. The van der Waals surface area contributed by atoms with Gasteiger partial charge < -0.3 is 4.74 Å². The van der Waals surface area contributed by atoms with Crippen LogP contribution < -0.4 is 16.0 Å². The Kier molecular flexibility index (Phi) is 5.27. The van der Waals surface area contributed by atoms with Gasteiger partial charge in [0.25, 0.3) is 0 Å². The molecule has 1 heterocycles. The van der Waals surface area contributed by atoms with E-state index in [0.29, 0.717) is 15.8 Å². The maximum absolute atomic E-state index is 14.2. The number of pyridine rings is 1. The predicted octanol–water partition coefficient (Wildman–Crippen LogP) is 3.32. The third-order valence-electron chi connectivity index (χ3n) is 2.90. The van der Waals surface area contributed by atoms with Crippen LogP contribution in [0.5, 0.6) is 5.75 Å². The van der Waals surface area contributed by atoms with Crippen molar-refractivity contribution in [3.8, 4) is 5.75 Å². The second-order valence-corrected chi connectivity index (χ2v) is 5.72. The van der Waals surface area contributed by atoms with Crippen molar-refractivity contribution >= 4 is 15.9 Å². The molecule has 0 saturated heterocycles. The Morgan fingerprint density at radius 1 is 1.33 bits per heavy atom. The normalized spacial score (nSPS) is 12.5. The van der Waals surface area contributed by atoms with Gasteiger partial charge in [0.2, 0.25) is 0 Å². The molecular weight excluding hydrogens is 337 g/mol. The Hall–Kier alpha value is -1.50. The van der Waals surface area contributed by atoms with Crippen LogP contribution in [0.3, 0.4) is 0 Å². The molecule has 0 aliphatic carbocycles. The quantitative estimate of drug-likeness (QED) is 0.639. The summed E-state index contributed by atoms with van der Waals surface area (Å²) in [6.45, 7) is 3.86. The second-order valence-electron chi connectivity index (χ2n) is 4.86. The van der Waals surface area contributed by atoms with E-state index in [0.717, 1.165) is 5.56 Å². The Morgan fingerprint density at radius 3 is 2.76 bits per heavy atom. The summed E-state index contributed by atoms with van der Waals surface area (Å²) < 4.78 is 20.2. The monoisotopic (exact) mass is 353 g/mol. The lowest BCUT2D eigenvalue weighted by molar-refractivity contribution is 0.241. The van der Waals surface area contributed by atoms with Gasteiger partial charge in [-0.15, -0.1) is 0 Å². The minimum Gasteiger partial charge on any atom is -0.489 e. The van der Waals surface area contributed by atoms with E-state index in [1.54, 1.807) is 36.7 Å².